The summed E-state index contributed by atoms with van der Waals surface area (Å²) in [5, 5.41) is 0. The lowest BCUT2D eigenvalue weighted by Gasteiger charge is -2.02. The molecule has 0 saturated heterocycles. The highest BCUT2D eigenvalue weighted by Gasteiger charge is 1.97. The van der Waals surface area contributed by atoms with Crippen molar-refractivity contribution in [2.75, 3.05) is 7.11 Å². The lowest BCUT2D eigenvalue weighted by molar-refractivity contribution is 0.409. The molecule has 0 aliphatic carbocycles. The summed E-state index contributed by atoms with van der Waals surface area (Å²) in [5.41, 5.74) is 1.77. The van der Waals surface area contributed by atoms with Gasteiger partial charge in [0.2, 0.25) is 0 Å². The van der Waals surface area contributed by atoms with Crippen molar-refractivity contribution in [1.82, 2.24) is 4.98 Å². The monoisotopic (exact) mass is 149 g/mol. The average Bonchev–Trinajstić information content (AvgIpc) is 2.04. The Hall–Kier alpha value is -1.31. The molecule has 0 aromatic carbocycles. The van der Waals surface area contributed by atoms with Gasteiger partial charge in [-0.2, -0.15) is 0 Å². The third-order valence-electron chi connectivity index (χ3n) is 1.49. The van der Waals surface area contributed by atoms with Gasteiger partial charge in [-0.15, -0.1) is 0 Å². The molecule has 0 bridgehead atoms. The van der Waals surface area contributed by atoms with Gasteiger partial charge in [-0.3, -0.25) is 0 Å². The maximum Gasteiger partial charge on any atom is 0.140 e. The quantitative estimate of drug-likeness (QED) is 0.642. The van der Waals surface area contributed by atoms with Crippen LogP contribution in [0.2, 0.25) is 0 Å². The Kier molecular flexibility index (Phi) is 2.26. The number of nitrogens with zero attached hydrogens (tertiary/aromatic N) is 1. The van der Waals surface area contributed by atoms with Gasteiger partial charge >= 0.3 is 0 Å². The van der Waals surface area contributed by atoms with Crippen molar-refractivity contribution in [2.45, 2.75) is 6.92 Å². The number of hydrogen-bond acceptors (Lipinski definition) is 2. The Morgan fingerprint density at radius 3 is 2.73 bits per heavy atom. The van der Waals surface area contributed by atoms with Crippen LogP contribution in [0, 0.1) is 6.92 Å². The molecule has 0 saturated carbocycles. The third-order valence-corrected chi connectivity index (χ3v) is 1.49. The minimum atomic E-state index is 0.815. The number of aryl methyl sites for hydroxylation is 1. The molecule has 0 fully saturated rings. The lowest BCUT2D eigenvalue weighted by atomic mass is 10.3. The van der Waals surface area contributed by atoms with Gasteiger partial charge in [0.25, 0.3) is 0 Å². The van der Waals surface area contributed by atoms with Crippen molar-refractivity contribution in [2.24, 2.45) is 0 Å². The van der Waals surface area contributed by atoms with E-state index in [9.17, 15) is 0 Å². The van der Waals surface area contributed by atoms with Gasteiger partial charge in [-0.25, -0.2) is 4.98 Å². The maximum atomic E-state index is 5.05. The van der Waals surface area contributed by atoms with Crippen LogP contribution in [0.4, 0.5) is 0 Å². The zero-order valence-corrected chi connectivity index (χ0v) is 6.79. The number of rotatable bonds is 2. The summed E-state index contributed by atoms with van der Waals surface area (Å²) in [5.74, 6) is 0.815. The summed E-state index contributed by atoms with van der Waals surface area (Å²) in [4.78, 5) is 4.22. The van der Waals surface area contributed by atoms with E-state index < -0.39 is 0 Å². The molecule has 11 heavy (non-hydrogen) atoms. The smallest absolute Gasteiger partial charge is 0.140 e. The molecule has 0 amide bonds. The highest BCUT2D eigenvalue weighted by molar-refractivity contribution is 5.44. The van der Waals surface area contributed by atoms with Gasteiger partial charge in [0.15, 0.2) is 0 Å². The van der Waals surface area contributed by atoms with Crippen LogP contribution in [0.15, 0.2) is 18.7 Å². The number of methoxy groups -OCH3 is 1. The predicted octanol–water partition coefficient (Wildman–Crippen LogP) is 2.04. The van der Waals surface area contributed by atoms with Crippen LogP contribution in [-0.2, 0) is 0 Å². The van der Waals surface area contributed by atoms with Gasteiger partial charge in [-0.1, -0.05) is 6.58 Å². The molecule has 2 nitrogen and oxygen atoms in total. The molecule has 0 N–H and O–H groups in total. The Morgan fingerprint density at radius 1 is 1.55 bits per heavy atom. The molecule has 0 aliphatic heterocycles. The van der Waals surface area contributed by atoms with Crippen LogP contribution in [0.3, 0.4) is 0 Å². The normalized spacial score (nSPS) is 9.27. The molecule has 0 aliphatic rings. The lowest BCUT2D eigenvalue weighted by Crippen LogP contribution is -1.91. The first-order valence-corrected chi connectivity index (χ1v) is 3.42. The molecule has 1 aromatic rings. The minimum Gasteiger partial charge on any atom is -0.495 e. The van der Waals surface area contributed by atoms with Crippen LogP contribution in [0.25, 0.3) is 6.08 Å². The van der Waals surface area contributed by atoms with E-state index in [0.717, 1.165) is 17.1 Å². The molecular formula is C9H11NO. The molecule has 0 atom stereocenters. The van der Waals surface area contributed by atoms with Crippen LogP contribution in [0.1, 0.15) is 11.4 Å². The fraction of sp³-hybridized carbons (Fsp3) is 0.222. The van der Waals surface area contributed by atoms with Crippen LogP contribution < -0.4 is 4.74 Å². The second-order valence-corrected chi connectivity index (χ2v) is 2.23. The topological polar surface area (TPSA) is 22.1 Å². The first kappa shape index (κ1) is 7.79. The van der Waals surface area contributed by atoms with Gasteiger partial charge in [-0.05, 0) is 25.1 Å². The summed E-state index contributed by atoms with van der Waals surface area (Å²) in [7, 11) is 1.64. The second kappa shape index (κ2) is 3.19. The molecule has 0 radical (unpaired) electrons. The maximum absolute atomic E-state index is 5.05. The van der Waals surface area contributed by atoms with E-state index in [1.807, 2.05) is 19.1 Å². The summed E-state index contributed by atoms with van der Waals surface area (Å²) < 4.78 is 5.05. The number of hydrogen-bond donors (Lipinski definition) is 0. The van der Waals surface area contributed by atoms with E-state index in [-0.39, 0.29) is 0 Å². The summed E-state index contributed by atoms with van der Waals surface area (Å²) in [6.45, 7) is 5.53. The number of aromatic nitrogens is 1. The first-order chi connectivity index (χ1) is 5.27. The van der Waals surface area contributed by atoms with E-state index in [0.29, 0.717) is 0 Å². The van der Waals surface area contributed by atoms with Crippen molar-refractivity contribution in [3.05, 3.63) is 30.1 Å². The van der Waals surface area contributed by atoms with Crippen molar-refractivity contribution >= 4 is 6.08 Å². The largest absolute Gasteiger partial charge is 0.495 e. The third kappa shape index (κ3) is 1.58. The van der Waals surface area contributed by atoms with Crippen molar-refractivity contribution in [1.29, 1.82) is 0 Å². The van der Waals surface area contributed by atoms with Crippen molar-refractivity contribution < 1.29 is 4.74 Å². The zero-order chi connectivity index (χ0) is 8.27. The second-order valence-electron chi connectivity index (χ2n) is 2.23. The first-order valence-electron chi connectivity index (χ1n) is 3.42. The van der Waals surface area contributed by atoms with E-state index in [1.54, 1.807) is 13.2 Å². The SMILES string of the molecule is C=Cc1ccc(OC)c(C)n1. The zero-order valence-electron chi connectivity index (χ0n) is 6.79. The van der Waals surface area contributed by atoms with Crippen molar-refractivity contribution in [3.8, 4) is 5.75 Å². The average molecular weight is 149 g/mol. The van der Waals surface area contributed by atoms with Gasteiger partial charge in [0.05, 0.1) is 18.5 Å². The van der Waals surface area contributed by atoms with Gasteiger partial charge < -0.3 is 4.74 Å². The molecule has 2 heteroatoms. The number of pyridine rings is 1. The fourth-order valence-corrected chi connectivity index (χ4v) is 0.897. The van der Waals surface area contributed by atoms with Crippen LogP contribution >= 0.6 is 0 Å². The standard InChI is InChI=1S/C9H11NO/c1-4-8-5-6-9(11-3)7(2)10-8/h4-6H,1H2,2-3H3. The summed E-state index contributed by atoms with van der Waals surface area (Å²) in [6, 6.07) is 3.76. The summed E-state index contributed by atoms with van der Waals surface area (Å²) in [6.07, 6.45) is 1.71. The molecule has 58 valence electrons. The van der Waals surface area contributed by atoms with Gasteiger partial charge in [0.1, 0.15) is 5.75 Å². The van der Waals surface area contributed by atoms with Crippen LogP contribution in [-0.4, -0.2) is 12.1 Å². The number of ether oxygens (including phenoxy) is 1. The van der Waals surface area contributed by atoms with Gasteiger partial charge in [0, 0.05) is 0 Å². The Morgan fingerprint density at radius 2 is 2.27 bits per heavy atom. The van der Waals surface area contributed by atoms with E-state index >= 15 is 0 Å². The Labute approximate surface area is 66.5 Å². The molecule has 0 unspecified atom stereocenters. The Balaban J connectivity index is 3.09. The van der Waals surface area contributed by atoms with E-state index in [2.05, 4.69) is 11.6 Å². The minimum absolute atomic E-state index is 0.815. The van der Waals surface area contributed by atoms with Crippen molar-refractivity contribution in [3.63, 3.8) is 0 Å². The molecule has 1 rings (SSSR count). The molecule has 1 aromatic heterocycles. The van der Waals surface area contributed by atoms with E-state index in [4.69, 9.17) is 4.74 Å². The predicted molar refractivity (Wildman–Crippen MR) is 45.6 cm³/mol. The molecule has 1 heterocycles. The highest BCUT2D eigenvalue weighted by Crippen LogP contribution is 2.14. The molecular weight excluding hydrogens is 138 g/mol. The highest BCUT2D eigenvalue weighted by atomic mass is 16.5. The fourth-order valence-electron chi connectivity index (χ4n) is 0.897. The Bertz CT molecular complexity index is 268. The van der Waals surface area contributed by atoms with E-state index in [1.165, 1.54) is 0 Å². The molecule has 0 spiro atoms. The van der Waals surface area contributed by atoms with Crippen LogP contribution in [0.5, 0.6) is 5.75 Å². The summed E-state index contributed by atoms with van der Waals surface area (Å²) >= 11 is 0.